The zero-order chi connectivity index (χ0) is 9.10. The van der Waals surface area contributed by atoms with E-state index in [2.05, 4.69) is 4.98 Å². The van der Waals surface area contributed by atoms with Crippen LogP contribution in [0.1, 0.15) is 5.89 Å². The number of benzene rings is 1. The Balaban J connectivity index is 2.44. The molecule has 1 N–H and O–H groups in total. The molecule has 3 nitrogen and oxygen atoms in total. The number of rotatable bonds is 2. The molecule has 0 fully saturated rings. The van der Waals surface area contributed by atoms with E-state index in [1.807, 2.05) is 24.3 Å². The van der Waals surface area contributed by atoms with Crippen molar-refractivity contribution < 1.29 is 9.52 Å². The molecule has 0 aliphatic carbocycles. The van der Waals surface area contributed by atoms with E-state index in [1.54, 1.807) is 12.2 Å². The van der Waals surface area contributed by atoms with E-state index < -0.39 is 0 Å². The number of fused-ring (bicyclic) bond motifs is 1. The molecule has 3 heteroatoms. The summed E-state index contributed by atoms with van der Waals surface area (Å²) in [6, 6.07) is 7.55. The maximum atomic E-state index is 8.55. The van der Waals surface area contributed by atoms with Crippen molar-refractivity contribution in [3.8, 4) is 0 Å². The standard InChI is InChI=1S/C10H9NO2/c12-7-3-6-10-11-8-4-1-2-5-9(8)13-10/h1-6,12H,7H2. The molecule has 66 valence electrons. The highest BCUT2D eigenvalue weighted by atomic mass is 16.3. The van der Waals surface area contributed by atoms with Gasteiger partial charge < -0.3 is 9.52 Å². The molecular formula is C10H9NO2. The normalized spacial score (nSPS) is 11.5. The minimum Gasteiger partial charge on any atom is -0.437 e. The molecule has 1 aromatic carbocycles. The van der Waals surface area contributed by atoms with E-state index in [1.165, 1.54) is 0 Å². The first-order valence-corrected chi connectivity index (χ1v) is 4.03. The zero-order valence-corrected chi connectivity index (χ0v) is 6.97. The van der Waals surface area contributed by atoms with Crippen molar-refractivity contribution in [2.45, 2.75) is 0 Å². The lowest BCUT2D eigenvalue weighted by Crippen LogP contribution is -1.72. The minimum atomic E-state index is -0.00126. The Morgan fingerprint density at radius 3 is 3.00 bits per heavy atom. The summed E-state index contributed by atoms with van der Waals surface area (Å²) in [6.45, 7) is -0.00126. The number of hydrogen-bond donors (Lipinski definition) is 1. The van der Waals surface area contributed by atoms with Gasteiger partial charge in [0.15, 0.2) is 5.58 Å². The van der Waals surface area contributed by atoms with Gasteiger partial charge in [-0.3, -0.25) is 0 Å². The number of nitrogens with zero attached hydrogens (tertiary/aromatic N) is 1. The fraction of sp³-hybridized carbons (Fsp3) is 0.100. The first-order chi connectivity index (χ1) is 6.40. The third-order valence-electron chi connectivity index (χ3n) is 1.68. The average molecular weight is 175 g/mol. The topological polar surface area (TPSA) is 46.3 Å². The van der Waals surface area contributed by atoms with E-state index in [0.717, 1.165) is 11.1 Å². The lowest BCUT2D eigenvalue weighted by atomic mass is 10.3. The number of aliphatic hydroxyl groups excluding tert-OH is 1. The molecule has 0 radical (unpaired) electrons. The van der Waals surface area contributed by atoms with E-state index in [-0.39, 0.29) is 6.61 Å². The smallest absolute Gasteiger partial charge is 0.219 e. The molecule has 1 aromatic heterocycles. The lowest BCUT2D eigenvalue weighted by molar-refractivity contribution is 0.343. The Morgan fingerprint density at radius 2 is 2.23 bits per heavy atom. The molecule has 0 saturated carbocycles. The Kier molecular flexibility index (Phi) is 2.10. The van der Waals surface area contributed by atoms with Crippen molar-refractivity contribution in [3.05, 3.63) is 36.2 Å². The van der Waals surface area contributed by atoms with Crippen LogP contribution in [0.5, 0.6) is 0 Å². The van der Waals surface area contributed by atoms with Gasteiger partial charge in [-0.25, -0.2) is 4.98 Å². The Labute approximate surface area is 75.3 Å². The lowest BCUT2D eigenvalue weighted by Gasteiger charge is -1.80. The minimum absolute atomic E-state index is 0.00126. The third kappa shape index (κ3) is 1.60. The molecule has 0 unspecified atom stereocenters. The molecule has 0 aliphatic rings. The van der Waals surface area contributed by atoms with Gasteiger partial charge in [-0.2, -0.15) is 0 Å². The average Bonchev–Trinajstić information content (AvgIpc) is 2.57. The Morgan fingerprint density at radius 1 is 1.38 bits per heavy atom. The quantitative estimate of drug-likeness (QED) is 0.757. The molecule has 1 heterocycles. The molecule has 2 aromatic rings. The number of aromatic nitrogens is 1. The molecule has 0 amide bonds. The van der Waals surface area contributed by atoms with Crippen LogP contribution in [0.3, 0.4) is 0 Å². The summed E-state index contributed by atoms with van der Waals surface area (Å²) < 4.78 is 5.36. The molecule has 2 rings (SSSR count). The zero-order valence-electron chi connectivity index (χ0n) is 6.97. The monoisotopic (exact) mass is 175 g/mol. The fourth-order valence-corrected chi connectivity index (χ4v) is 1.11. The van der Waals surface area contributed by atoms with Gasteiger partial charge in [0.1, 0.15) is 5.52 Å². The number of aliphatic hydroxyl groups is 1. The van der Waals surface area contributed by atoms with Crippen molar-refractivity contribution in [1.82, 2.24) is 4.98 Å². The third-order valence-corrected chi connectivity index (χ3v) is 1.68. The highest BCUT2D eigenvalue weighted by Crippen LogP contribution is 2.15. The predicted octanol–water partition coefficient (Wildman–Crippen LogP) is 1.83. The van der Waals surface area contributed by atoms with Crippen molar-refractivity contribution in [3.63, 3.8) is 0 Å². The first kappa shape index (κ1) is 8.01. The van der Waals surface area contributed by atoms with E-state index in [0.29, 0.717) is 5.89 Å². The van der Waals surface area contributed by atoms with Crippen LogP contribution in [0.2, 0.25) is 0 Å². The summed E-state index contributed by atoms with van der Waals surface area (Å²) >= 11 is 0. The van der Waals surface area contributed by atoms with Crippen LogP contribution < -0.4 is 0 Å². The summed E-state index contributed by atoms with van der Waals surface area (Å²) in [5.74, 6) is 0.523. The van der Waals surface area contributed by atoms with Crippen molar-refractivity contribution in [2.24, 2.45) is 0 Å². The van der Waals surface area contributed by atoms with E-state index in [4.69, 9.17) is 9.52 Å². The second-order valence-electron chi connectivity index (χ2n) is 2.60. The summed E-state index contributed by atoms with van der Waals surface area (Å²) in [6.07, 6.45) is 3.24. The predicted molar refractivity (Wildman–Crippen MR) is 50.1 cm³/mol. The van der Waals surface area contributed by atoms with Gasteiger partial charge in [-0.05, 0) is 18.2 Å². The number of para-hydroxylation sites is 2. The van der Waals surface area contributed by atoms with E-state index in [9.17, 15) is 0 Å². The van der Waals surface area contributed by atoms with Crippen molar-refractivity contribution >= 4 is 17.2 Å². The van der Waals surface area contributed by atoms with Crippen molar-refractivity contribution in [2.75, 3.05) is 6.61 Å². The van der Waals surface area contributed by atoms with Crippen LogP contribution in [0.4, 0.5) is 0 Å². The first-order valence-electron chi connectivity index (χ1n) is 4.03. The SMILES string of the molecule is OCC=Cc1nc2ccccc2o1. The molecule has 0 aliphatic heterocycles. The van der Waals surface area contributed by atoms with Crippen LogP contribution in [-0.2, 0) is 0 Å². The van der Waals surface area contributed by atoms with Gasteiger partial charge in [0.25, 0.3) is 0 Å². The molecule has 13 heavy (non-hydrogen) atoms. The number of oxazole rings is 1. The summed E-state index contributed by atoms with van der Waals surface area (Å²) in [5, 5.41) is 8.55. The summed E-state index contributed by atoms with van der Waals surface area (Å²) in [4.78, 5) is 4.19. The maximum absolute atomic E-state index is 8.55. The second-order valence-corrected chi connectivity index (χ2v) is 2.60. The van der Waals surface area contributed by atoms with Crippen LogP contribution in [0.15, 0.2) is 34.8 Å². The fourth-order valence-electron chi connectivity index (χ4n) is 1.11. The molecule has 0 spiro atoms. The van der Waals surface area contributed by atoms with Crippen molar-refractivity contribution in [1.29, 1.82) is 0 Å². The highest BCUT2D eigenvalue weighted by molar-refractivity contribution is 5.73. The Bertz CT molecular complexity index is 398. The van der Waals surface area contributed by atoms with Gasteiger partial charge in [0, 0.05) is 0 Å². The van der Waals surface area contributed by atoms with Gasteiger partial charge in [0.2, 0.25) is 5.89 Å². The highest BCUT2D eigenvalue weighted by Gasteiger charge is 1.99. The summed E-state index contributed by atoms with van der Waals surface area (Å²) in [7, 11) is 0. The molecular weight excluding hydrogens is 166 g/mol. The second kappa shape index (κ2) is 3.41. The Hall–Kier alpha value is -1.61. The van der Waals surface area contributed by atoms with Gasteiger partial charge in [0.05, 0.1) is 6.61 Å². The number of hydrogen-bond acceptors (Lipinski definition) is 3. The van der Waals surface area contributed by atoms with Crippen LogP contribution in [-0.4, -0.2) is 16.7 Å². The van der Waals surface area contributed by atoms with Crippen LogP contribution in [0, 0.1) is 0 Å². The van der Waals surface area contributed by atoms with Crippen LogP contribution >= 0.6 is 0 Å². The van der Waals surface area contributed by atoms with Gasteiger partial charge in [-0.1, -0.05) is 18.2 Å². The summed E-state index contributed by atoms with van der Waals surface area (Å²) in [5.41, 5.74) is 1.60. The molecule has 0 bridgehead atoms. The molecule has 0 atom stereocenters. The maximum Gasteiger partial charge on any atom is 0.219 e. The van der Waals surface area contributed by atoms with E-state index >= 15 is 0 Å². The van der Waals surface area contributed by atoms with Crippen LogP contribution in [0.25, 0.3) is 17.2 Å². The molecule has 0 saturated heterocycles. The van der Waals surface area contributed by atoms with Gasteiger partial charge >= 0.3 is 0 Å². The van der Waals surface area contributed by atoms with Gasteiger partial charge in [-0.15, -0.1) is 0 Å². The largest absolute Gasteiger partial charge is 0.437 e.